The zero-order chi connectivity index (χ0) is 25.0. The second-order valence-corrected chi connectivity index (χ2v) is 6.62. The maximum Gasteiger partial charge on any atom is 0.244 e. The van der Waals surface area contributed by atoms with Crippen LogP contribution in [0.25, 0.3) is 0 Å². The van der Waals surface area contributed by atoms with Gasteiger partial charge in [-0.25, -0.2) is 0 Å². The smallest absolute Gasteiger partial charge is 0.244 e. The molecule has 4 N–H and O–H groups in total. The van der Waals surface area contributed by atoms with E-state index in [0.29, 0.717) is 0 Å². The van der Waals surface area contributed by atoms with Gasteiger partial charge in [0.25, 0.3) is 0 Å². The monoisotopic (exact) mass is 466 g/mol. The van der Waals surface area contributed by atoms with Gasteiger partial charge in [0.05, 0.1) is 39.6 Å². The van der Waals surface area contributed by atoms with Crippen LogP contribution < -0.4 is 21.3 Å². The molecule has 0 saturated heterocycles. The molecule has 4 amide bonds. The molecule has 0 spiro atoms. The highest BCUT2D eigenvalue weighted by Crippen LogP contribution is 2.09. The molecule has 0 aliphatic heterocycles. The van der Waals surface area contributed by atoms with Gasteiger partial charge in [0.15, 0.2) is 0 Å². The molecule has 0 bridgehead atoms. The van der Waals surface area contributed by atoms with E-state index in [4.69, 9.17) is 14.2 Å². The summed E-state index contributed by atoms with van der Waals surface area (Å²) in [5.74, 6) is -1.47. The molecule has 0 rings (SSSR count). The lowest BCUT2D eigenvalue weighted by Crippen LogP contribution is -2.58. The summed E-state index contributed by atoms with van der Waals surface area (Å²) in [6, 6.07) is 0. The lowest BCUT2D eigenvalue weighted by Gasteiger charge is -2.34. The van der Waals surface area contributed by atoms with E-state index in [1.54, 1.807) is 0 Å². The Balaban J connectivity index is 5.01. The van der Waals surface area contributed by atoms with E-state index in [1.807, 2.05) is 0 Å². The number of carbonyl (C=O) groups excluding carboxylic acids is 4. The fraction of sp³-hybridized carbons (Fsp3) is 0.455. The van der Waals surface area contributed by atoms with Crippen molar-refractivity contribution in [2.24, 2.45) is 0 Å². The topological polar surface area (TPSA) is 144 Å². The van der Waals surface area contributed by atoms with Crippen LogP contribution in [-0.2, 0) is 33.4 Å². The second kappa shape index (κ2) is 18.3. The van der Waals surface area contributed by atoms with Crippen molar-refractivity contribution >= 4 is 23.6 Å². The van der Waals surface area contributed by atoms with Gasteiger partial charge in [-0.1, -0.05) is 26.3 Å². The Morgan fingerprint density at radius 1 is 0.576 bits per heavy atom. The second-order valence-electron chi connectivity index (χ2n) is 6.62. The van der Waals surface area contributed by atoms with E-state index in [-0.39, 0.29) is 77.0 Å². The van der Waals surface area contributed by atoms with Crippen molar-refractivity contribution in [2.75, 3.05) is 59.3 Å². The SMILES string of the molecule is C=CC(=O)NCCOCC(COCCNC(=O)C=C)(COCCNC(=O)C=C)NC(=O)C=C. The molecule has 33 heavy (non-hydrogen) atoms. The zero-order valence-corrected chi connectivity index (χ0v) is 18.9. The van der Waals surface area contributed by atoms with Crippen molar-refractivity contribution in [1.82, 2.24) is 21.3 Å². The average Bonchev–Trinajstić information content (AvgIpc) is 2.82. The Hall–Kier alpha value is -3.28. The van der Waals surface area contributed by atoms with Crippen LogP contribution in [0.15, 0.2) is 50.6 Å². The number of hydrogen-bond donors (Lipinski definition) is 4. The van der Waals surface area contributed by atoms with Crippen LogP contribution in [0, 0.1) is 0 Å². The number of rotatable bonds is 20. The standard InChI is InChI=1S/C22H34N4O7/c1-5-18(27)23-9-12-31-15-22(26-21(30)8-4,16-32-13-10-24-19(28)6-2)17-33-14-11-25-20(29)7-3/h5-8H,1-4,9-17H2,(H,23,27)(H,24,28)(H,25,29)(H,26,30). The van der Waals surface area contributed by atoms with Gasteiger partial charge in [-0.15, -0.1) is 0 Å². The Kier molecular flexibility index (Phi) is 16.5. The van der Waals surface area contributed by atoms with Gasteiger partial charge < -0.3 is 35.5 Å². The van der Waals surface area contributed by atoms with E-state index in [1.165, 1.54) is 0 Å². The van der Waals surface area contributed by atoms with Gasteiger partial charge in [-0.3, -0.25) is 19.2 Å². The van der Waals surface area contributed by atoms with Gasteiger partial charge >= 0.3 is 0 Å². The number of ether oxygens (including phenoxy) is 3. The van der Waals surface area contributed by atoms with Crippen molar-refractivity contribution in [3.63, 3.8) is 0 Å². The summed E-state index contributed by atoms with van der Waals surface area (Å²) in [7, 11) is 0. The Morgan fingerprint density at radius 2 is 0.879 bits per heavy atom. The summed E-state index contributed by atoms with van der Waals surface area (Å²) in [4.78, 5) is 45.8. The van der Waals surface area contributed by atoms with Crippen molar-refractivity contribution < 1.29 is 33.4 Å². The minimum Gasteiger partial charge on any atom is -0.377 e. The molecule has 0 heterocycles. The van der Waals surface area contributed by atoms with Crippen LogP contribution in [0.3, 0.4) is 0 Å². The highest BCUT2D eigenvalue weighted by atomic mass is 16.5. The third-order valence-corrected chi connectivity index (χ3v) is 3.90. The zero-order valence-electron chi connectivity index (χ0n) is 18.9. The summed E-state index contributed by atoms with van der Waals surface area (Å²) < 4.78 is 16.9. The summed E-state index contributed by atoms with van der Waals surface area (Å²) in [6.07, 6.45) is 4.54. The van der Waals surface area contributed by atoms with Gasteiger partial charge in [0.2, 0.25) is 23.6 Å². The predicted octanol–water partition coefficient (Wildman–Crippen LogP) is -1.02. The summed E-state index contributed by atoms with van der Waals surface area (Å²) >= 11 is 0. The van der Waals surface area contributed by atoms with Crippen molar-refractivity contribution in [1.29, 1.82) is 0 Å². The van der Waals surface area contributed by atoms with Crippen LogP contribution in [0.5, 0.6) is 0 Å². The minimum atomic E-state index is -1.10. The van der Waals surface area contributed by atoms with Crippen LogP contribution in [0.2, 0.25) is 0 Å². The van der Waals surface area contributed by atoms with Crippen molar-refractivity contribution in [2.45, 2.75) is 5.54 Å². The molecule has 0 aromatic carbocycles. The number of carbonyl (C=O) groups is 4. The molecule has 0 aliphatic rings. The first-order valence-electron chi connectivity index (χ1n) is 10.2. The molecule has 11 nitrogen and oxygen atoms in total. The fourth-order valence-electron chi connectivity index (χ4n) is 2.30. The third-order valence-electron chi connectivity index (χ3n) is 3.90. The van der Waals surface area contributed by atoms with E-state index < -0.39 is 11.4 Å². The van der Waals surface area contributed by atoms with E-state index >= 15 is 0 Å². The molecular weight excluding hydrogens is 432 g/mol. The Labute approximate surface area is 194 Å². The molecule has 0 fully saturated rings. The van der Waals surface area contributed by atoms with Gasteiger partial charge in [0, 0.05) is 19.6 Å². The quantitative estimate of drug-likeness (QED) is 0.133. The first kappa shape index (κ1) is 29.7. The number of nitrogens with one attached hydrogen (secondary N) is 4. The largest absolute Gasteiger partial charge is 0.377 e. The molecule has 0 aromatic heterocycles. The van der Waals surface area contributed by atoms with E-state index in [0.717, 1.165) is 24.3 Å². The summed E-state index contributed by atoms with van der Waals surface area (Å²) in [6.45, 7) is 14.7. The molecule has 0 aromatic rings. The number of amides is 4. The third kappa shape index (κ3) is 15.2. The number of hydrogen-bond acceptors (Lipinski definition) is 7. The normalized spacial score (nSPS) is 10.4. The highest BCUT2D eigenvalue weighted by Gasteiger charge is 2.33. The first-order valence-corrected chi connectivity index (χ1v) is 10.2. The molecule has 0 unspecified atom stereocenters. The van der Waals surface area contributed by atoms with E-state index in [9.17, 15) is 19.2 Å². The Bertz CT molecular complexity index is 620. The Morgan fingerprint density at radius 3 is 1.15 bits per heavy atom. The van der Waals surface area contributed by atoms with Gasteiger partial charge in [0.1, 0.15) is 5.54 Å². The molecule has 0 radical (unpaired) electrons. The van der Waals surface area contributed by atoms with E-state index in [2.05, 4.69) is 47.6 Å². The minimum absolute atomic E-state index is 0.00538. The van der Waals surface area contributed by atoms with Gasteiger partial charge in [-0.05, 0) is 24.3 Å². The lowest BCUT2D eigenvalue weighted by atomic mass is 10.0. The molecular formula is C22H34N4O7. The fourth-order valence-corrected chi connectivity index (χ4v) is 2.30. The van der Waals surface area contributed by atoms with Crippen LogP contribution in [0.1, 0.15) is 0 Å². The molecule has 11 heteroatoms. The maximum absolute atomic E-state index is 12.1. The molecule has 0 saturated carbocycles. The van der Waals surface area contributed by atoms with Gasteiger partial charge in [-0.2, -0.15) is 0 Å². The molecule has 0 aliphatic carbocycles. The lowest BCUT2D eigenvalue weighted by molar-refractivity contribution is -0.122. The van der Waals surface area contributed by atoms with Crippen LogP contribution in [0.4, 0.5) is 0 Å². The highest BCUT2D eigenvalue weighted by molar-refractivity contribution is 5.88. The molecule has 0 atom stereocenters. The van der Waals surface area contributed by atoms with Crippen LogP contribution >= 0.6 is 0 Å². The summed E-state index contributed by atoms with van der Waals surface area (Å²) in [5.41, 5.74) is -1.10. The molecule has 184 valence electrons. The predicted molar refractivity (Wildman–Crippen MR) is 123 cm³/mol. The van der Waals surface area contributed by atoms with Crippen LogP contribution in [-0.4, -0.2) is 88.4 Å². The summed E-state index contributed by atoms with van der Waals surface area (Å²) in [5, 5.41) is 10.5. The maximum atomic E-state index is 12.1. The van der Waals surface area contributed by atoms with Crippen molar-refractivity contribution in [3.8, 4) is 0 Å². The van der Waals surface area contributed by atoms with Crippen molar-refractivity contribution in [3.05, 3.63) is 50.6 Å². The first-order chi connectivity index (χ1) is 15.8. The average molecular weight is 467 g/mol.